The number of benzene rings is 2. The van der Waals surface area contributed by atoms with E-state index in [-0.39, 0.29) is 30.7 Å². The van der Waals surface area contributed by atoms with Crippen molar-refractivity contribution in [3.05, 3.63) is 90.0 Å². The number of halogens is 4. The number of rotatable bonds is 6. The first-order chi connectivity index (χ1) is 17.2. The average Bonchev–Trinajstić information content (AvgIpc) is 2.88. The predicted octanol–water partition coefficient (Wildman–Crippen LogP) is 6.64. The van der Waals surface area contributed by atoms with E-state index in [1.807, 2.05) is 19.1 Å². The Hall–Kier alpha value is -3.46. The Morgan fingerprint density at radius 2 is 1.72 bits per heavy atom. The van der Waals surface area contributed by atoms with Gasteiger partial charge in [-0.05, 0) is 49.1 Å². The lowest BCUT2D eigenvalue weighted by Gasteiger charge is -2.35. The van der Waals surface area contributed by atoms with Crippen LogP contribution in [0, 0.1) is 5.82 Å². The zero-order valence-electron chi connectivity index (χ0n) is 19.8. The molecule has 1 aromatic heterocycles. The van der Waals surface area contributed by atoms with Gasteiger partial charge in [-0.2, -0.15) is 13.2 Å². The molecule has 192 valence electrons. The number of nitrogens with zero attached hydrogens (tertiary/aromatic N) is 2. The van der Waals surface area contributed by atoms with E-state index in [1.54, 1.807) is 35.2 Å². The van der Waals surface area contributed by atoms with Crippen LogP contribution in [0.5, 0.6) is 0 Å². The van der Waals surface area contributed by atoms with Crippen LogP contribution in [0.15, 0.2) is 72.9 Å². The maximum absolute atomic E-state index is 12.6. The van der Waals surface area contributed by atoms with Gasteiger partial charge in [0, 0.05) is 31.3 Å². The number of ether oxygens (including phenoxy) is 1. The summed E-state index contributed by atoms with van der Waals surface area (Å²) in [6.45, 7) is 2.56. The van der Waals surface area contributed by atoms with Crippen molar-refractivity contribution in [2.45, 2.75) is 44.5 Å². The second-order valence-corrected chi connectivity index (χ2v) is 8.38. The van der Waals surface area contributed by atoms with Gasteiger partial charge in [0.1, 0.15) is 17.6 Å². The van der Waals surface area contributed by atoms with E-state index >= 15 is 0 Å². The molecule has 0 bridgehead atoms. The minimum absolute atomic E-state index is 0.0783. The van der Waals surface area contributed by atoms with Crippen molar-refractivity contribution in [3.63, 3.8) is 0 Å². The van der Waals surface area contributed by atoms with E-state index in [2.05, 4.69) is 4.98 Å². The molecule has 0 spiro atoms. The van der Waals surface area contributed by atoms with Crippen LogP contribution in [-0.2, 0) is 10.9 Å². The van der Waals surface area contributed by atoms with E-state index in [9.17, 15) is 22.4 Å². The van der Waals surface area contributed by atoms with E-state index in [0.29, 0.717) is 31.4 Å². The zero-order valence-corrected chi connectivity index (χ0v) is 19.8. The smallest absolute Gasteiger partial charge is 0.433 e. The molecule has 5 nitrogen and oxygen atoms in total. The highest BCUT2D eigenvalue weighted by Crippen LogP contribution is 2.31. The second kappa shape index (κ2) is 12.5. The number of amides is 1. The van der Waals surface area contributed by atoms with E-state index < -0.39 is 11.9 Å². The number of cyclic esters (lactones) is 1. The Morgan fingerprint density at radius 3 is 2.22 bits per heavy atom. The number of aliphatic hydroxyl groups excluding tert-OH is 1. The number of hydrogen-bond donors (Lipinski definition) is 1. The minimum Gasteiger partial charge on any atom is -0.446 e. The van der Waals surface area contributed by atoms with Crippen molar-refractivity contribution in [1.82, 2.24) is 9.88 Å². The first kappa shape index (κ1) is 27.1. The summed E-state index contributed by atoms with van der Waals surface area (Å²) in [5, 5.41) is 8.90. The van der Waals surface area contributed by atoms with Crippen LogP contribution in [-0.4, -0.2) is 40.3 Å². The summed E-state index contributed by atoms with van der Waals surface area (Å²) in [6, 6.07) is 17.4. The lowest BCUT2D eigenvalue weighted by atomic mass is 10.0. The van der Waals surface area contributed by atoms with Crippen LogP contribution in [0.3, 0.4) is 0 Å². The average molecular weight is 505 g/mol. The molecular weight excluding hydrogens is 476 g/mol. The number of pyridine rings is 1. The Balaban J connectivity index is 0.000000444. The number of carbonyl (C=O) groups excluding carboxylic acids is 1. The maximum atomic E-state index is 12.6. The highest BCUT2D eigenvalue weighted by Gasteiger charge is 2.32. The summed E-state index contributed by atoms with van der Waals surface area (Å²) in [5.41, 5.74) is 1.31. The third-order valence-corrected chi connectivity index (χ3v) is 5.86. The molecule has 4 rings (SSSR count). The van der Waals surface area contributed by atoms with Gasteiger partial charge in [0.25, 0.3) is 0 Å². The molecule has 2 aromatic carbocycles. The molecule has 36 heavy (non-hydrogen) atoms. The molecule has 1 aliphatic rings. The van der Waals surface area contributed by atoms with E-state index in [4.69, 9.17) is 9.84 Å². The molecule has 2 heterocycles. The summed E-state index contributed by atoms with van der Waals surface area (Å²) in [6.07, 6.45) is -1.82. The van der Waals surface area contributed by atoms with Gasteiger partial charge < -0.3 is 14.7 Å². The minimum atomic E-state index is -4.46. The molecule has 0 radical (unpaired) electrons. The standard InChI is InChI=1S/C21H23F3N2O3.C6H5F/c1-14(26-11-10-18(3-2-12-27)29-20(26)28)15-4-6-16(7-5-15)17-8-9-19(25-13-17)21(22,23)24;7-6-4-2-1-3-5-6/h4-9,13-14,18,27H,2-3,10-12H2,1H3;1-5H. The molecule has 2 atom stereocenters. The van der Waals surface area contributed by atoms with Crippen molar-refractivity contribution < 1.29 is 32.2 Å². The largest absolute Gasteiger partial charge is 0.446 e. The lowest BCUT2D eigenvalue weighted by Crippen LogP contribution is -2.43. The highest BCUT2D eigenvalue weighted by atomic mass is 19.4. The van der Waals surface area contributed by atoms with Crippen LogP contribution >= 0.6 is 0 Å². The molecule has 9 heteroatoms. The van der Waals surface area contributed by atoms with Crippen molar-refractivity contribution >= 4 is 6.09 Å². The molecule has 1 aliphatic heterocycles. The molecule has 2 unspecified atom stereocenters. The fraction of sp³-hybridized carbons (Fsp3) is 0.333. The fourth-order valence-corrected chi connectivity index (χ4v) is 3.80. The van der Waals surface area contributed by atoms with Crippen LogP contribution in [0.25, 0.3) is 11.1 Å². The summed E-state index contributed by atoms with van der Waals surface area (Å²) >= 11 is 0. The SMILES string of the molecule is CC(c1ccc(-c2ccc(C(F)(F)F)nc2)cc1)N1CCC(CCCO)OC1=O.Fc1ccccc1. The first-order valence-electron chi connectivity index (χ1n) is 11.6. The van der Waals surface area contributed by atoms with Gasteiger partial charge >= 0.3 is 12.3 Å². The molecule has 3 aromatic rings. The normalized spacial score (nSPS) is 16.6. The summed E-state index contributed by atoms with van der Waals surface area (Å²) in [4.78, 5) is 17.5. The van der Waals surface area contributed by atoms with E-state index in [1.165, 1.54) is 24.4 Å². The number of carbonyl (C=O) groups is 1. The summed E-state index contributed by atoms with van der Waals surface area (Å²) in [7, 11) is 0. The summed E-state index contributed by atoms with van der Waals surface area (Å²) < 4.78 is 55.3. The molecule has 1 saturated heterocycles. The van der Waals surface area contributed by atoms with Gasteiger partial charge in [-0.25, -0.2) is 9.18 Å². The van der Waals surface area contributed by atoms with Crippen molar-refractivity contribution in [2.24, 2.45) is 0 Å². The first-order valence-corrected chi connectivity index (χ1v) is 11.6. The quantitative estimate of drug-likeness (QED) is 0.383. The van der Waals surface area contributed by atoms with Gasteiger partial charge in [-0.3, -0.25) is 4.98 Å². The predicted molar refractivity (Wildman–Crippen MR) is 127 cm³/mol. The third-order valence-electron chi connectivity index (χ3n) is 5.86. The molecule has 1 N–H and O–H groups in total. The molecule has 1 amide bonds. The summed E-state index contributed by atoms with van der Waals surface area (Å²) in [5.74, 6) is -0.178. The monoisotopic (exact) mass is 504 g/mol. The highest BCUT2D eigenvalue weighted by molar-refractivity contribution is 5.69. The Morgan fingerprint density at radius 1 is 1.06 bits per heavy atom. The van der Waals surface area contributed by atoms with Crippen LogP contribution in [0.2, 0.25) is 0 Å². The molecular formula is C27H28F4N2O3. The van der Waals surface area contributed by atoms with Gasteiger partial charge in [-0.1, -0.05) is 48.5 Å². The Kier molecular flexibility index (Phi) is 9.41. The number of alkyl halides is 3. The second-order valence-electron chi connectivity index (χ2n) is 8.38. The van der Waals surface area contributed by atoms with Gasteiger partial charge in [0.15, 0.2) is 0 Å². The molecule has 1 fully saturated rings. The topological polar surface area (TPSA) is 62.7 Å². The van der Waals surface area contributed by atoms with Crippen LogP contribution in [0.4, 0.5) is 22.4 Å². The van der Waals surface area contributed by atoms with Crippen molar-refractivity contribution in [2.75, 3.05) is 13.2 Å². The van der Waals surface area contributed by atoms with Crippen molar-refractivity contribution in [3.8, 4) is 11.1 Å². The Labute approximate surface area is 207 Å². The number of aliphatic hydroxyl groups is 1. The van der Waals surface area contributed by atoms with Crippen molar-refractivity contribution in [1.29, 1.82) is 0 Å². The maximum Gasteiger partial charge on any atom is 0.433 e. The zero-order chi connectivity index (χ0) is 26.1. The van der Waals surface area contributed by atoms with Crippen LogP contribution in [0.1, 0.15) is 43.5 Å². The van der Waals surface area contributed by atoms with Crippen LogP contribution < -0.4 is 0 Å². The third kappa shape index (κ3) is 7.52. The number of aromatic nitrogens is 1. The van der Waals surface area contributed by atoms with Gasteiger partial charge in [-0.15, -0.1) is 0 Å². The fourth-order valence-electron chi connectivity index (χ4n) is 3.80. The molecule has 0 saturated carbocycles. The lowest BCUT2D eigenvalue weighted by molar-refractivity contribution is -0.141. The van der Waals surface area contributed by atoms with E-state index in [0.717, 1.165) is 17.2 Å². The van der Waals surface area contributed by atoms with Gasteiger partial charge in [0.2, 0.25) is 0 Å². The molecule has 0 aliphatic carbocycles. The Bertz CT molecular complexity index is 1090. The number of hydrogen-bond acceptors (Lipinski definition) is 4. The van der Waals surface area contributed by atoms with Gasteiger partial charge in [0.05, 0.1) is 6.04 Å².